The number of benzene rings is 1. The second-order valence-corrected chi connectivity index (χ2v) is 5.08. The lowest BCUT2D eigenvalue weighted by Crippen LogP contribution is -2.25. The standard InChI is InChI=1S/C17H17NO2/c1-12-6-8-14(20-12)9-11-17(19)18-16-10-7-13-4-2-3-5-15(13)16/h2-6,8-9,11,16H,7,10H2,1H3,(H,18,19)/b11-9+. The van der Waals surface area contributed by atoms with Crippen LogP contribution in [-0.2, 0) is 11.2 Å². The molecule has 1 heterocycles. The number of nitrogens with one attached hydrogen (secondary N) is 1. The number of furan rings is 1. The maximum absolute atomic E-state index is 11.9. The molecular weight excluding hydrogens is 250 g/mol. The maximum Gasteiger partial charge on any atom is 0.244 e. The first-order valence-electron chi connectivity index (χ1n) is 6.85. The molecule has 20 heavy (non-hydrogen) atoms. The molecule has 0 fully saturated rings. The number of carbonyl (C=O) groups is 1. The van der Waals surface area contributed by atoms with E-state index in [1.807, 2.05) is 31.2 Å². The summed E-state index contributed by atoms with van der Waals surface area (Å²) >= 11 is 0. The van der Waals surface area contributed by atoms with Gasteiger partial charge in [0.1, 0.15) is 11.5 Å². The van der Waals surface area contributed by atoms with Gasteiger partial charge in [-0.3, -0.25) is 4.79 Å². The third kappa shape index (κ3) is 2.67. The van der Waals surface area contributed by atoms with Crippen molar-refractivity contribution in [3.8, 4) is 0 Å². The molecular formula is C17H17NO2. The summed E-state index contributed by atoms with van der Waals surface area (Å²) < 4.78 is 5.39. The van der Waals surface area contributed by atoms with Crippen LogP contribution in [0.5, 0.6) is 0 Å². The van der Waals surface area contributed by atoms with Crippen LogP contribution < -0.4 is 5.32 Å². The van der Waals surface area contributed by atoms with Crippen LogP contribution in [0.4, 0.5) is 0 Å². The van der Waals surface area contributed by atoms with Crippen molar-refractivity contribution in [2.45, 2.75) is 25.8 Å². The van der Waals surface area contributed by atoms with Crippen molar-refractivity contribution in [1.29, 1.82) is 0 Å². The molecule has 102 valence electrons. The van der Waals surface area contributed by atoms with Gasteiger partial charge in [0.25, 0.3) is 0 Å². The van der Waals surface area contributed by atoms with Crippen LogP contribution in [0.1, 0.15) is 35.1 Å². The summed E-state index contributed by atoms with van der Waals surface area (Å²) in [5, 5.41) is 3.04. The first-order valence-corrected chi connectivity index (χ1v) is 6.85. The van der Waals surface area contributed by atoms with Crippen LogP contribution in [0.15, 0.2) is 46.9 Å². The fourth-order valence-corrected chi connectivity index (χ4v) is 2.63. The Kier molecular flexibility index (Phi) is 3.42. The molecule has 1 N–H and O–H groups in total. The van der Waals surface area contributed by atoms with Gasteiger partial charge in [0, 0.05) is 6.08 Å². The predicted octanol–water partition coefficient (Wildman–Crippen LogP) is 3.40. The van der Waals surface area contributed by atoms with Gasteiger partial charge in [-0.25, -0.2) is 0 Å². The van der Waals surface area contributed by atoms with Crippen LogP contribution in [0, 0.1) is 6.92 Å². The number of fused-ring (bicyclic) bond motifs is 1. The third-order valence-corrected chi connectivity index (χ3v) is 3.61. The van der Waals surface area contributed by atoms with Gasteiger partial charge in [0.05, 0.1) is 6.04 Å². The Labute approximate surface area is 118 Å². The van der Waals surface area contributed by atoms with E-state index in [4.69, 9.17) is 4.42 Å². The molecule has 0 spiro atoms. The summed E-state index contributed by atoms with van der Waals surface area (Å²) in [6.45, 7) is 1.88. The van der Waals surface area contributed by atoms with Gasteiger partial charge < -0.3 is 9.73 Å². The number of hydrogen-bond donors (Lipinski definition) is 1. The van der Waals surface area contributed by atoms with Crippen molar-refractivity contribution >= 4 is 12.0 Å². The third-order valence-electron chi connectivity index (χ3n) is 3.61. The first-order chi connectivity index (χ1) is 9.72. The molecule has 0 saturated heterocycles. The van der Waals surface area contributed by atoms with E-state index in [2.05, 4.69) is 17.4 Å². The molecule has 0 radical (unpaired) electrons. The van der Waals surface area contributed by atoms with Crippen molar-refractivity contribution in [3.63, 3.8) is 0 Å². The van der Waals surface area contributed by atoms with Gasteiger partial charge in [-0.1, -0.05) is 24.3 Å². The smallest absolute Gasteiger partial charge is 0.244 e. The van der Waals surface area contributed by atoms with E-state index >= 15 is 0 Å². The lowest BCUT2D eigenvalue weighted by molar-refractivity contribution is -0.117. The van der Waals surface area contributed by atoms with E-state index in [-0.39, 0.29) is 11.9 Å². The number of carbonyl (C=O) groups excluding carboxylic acids is 1. The lowest BCUT2D eigenvalue weighted by Gasteiger charge is -2.12. The molecule has 2 aromatic rings. The lowest BCUT2D eigenvalue weighted by atomic mass is 10.1. The average Bonchev–Trinajstić information content (AvgIpc) is 3.04. The van der Waals surface area contributed by atoms with Crippen LogP contribution in [0.25, 0.3) is 6.08 Å². The highest BCUT2D eigenvalue weighted by atomic mass is 16.3. The molecule has 0 bridgehead atoms. The Balaban J connectivity index is 1.64. The summed E-state index contributed by atoms with van der Waals surface area (Å²) in [7, 11) is 0. The van der Waals surface area contributed by atoms with Gasteiger partial charge in [-0.2, -0.15) is 0 Å². The van der Waals surface area contributed by atoms with Crippen molar-refractivity contribution in [2.24, 2.45) is 0 Å². The molecule has 1 aliphatic carbocycles. The number of amides is 1. The van der Waals surface area contributed by atoms with Gasteiger partial charge in [-0.15, -0.1) is 0 Å². The number of aryl methyl sites for hydroxylation is 2. The highest BCUT2D eigenvalue weighted by molar-refractivity contribution is 5.91. The second-order valence-electron chi connectivity index (χ2n) is 5.08. The zero-order valence-electron chi connectivity index (χ0n) is 11.4. The minimum atomic E-state index is -0.0826. The van der Waals surface area contributed by atoms with Gasteiger partial charge in [0.15, 0.2) is 0 Å². The van der Waals surface area contributed by atoms with Crippen LogP contribution in [-0.4, -0.2) is 5.91 Å². The van der Waals surface area contributed by atoms with Gasteiger partial charge >= 0.3 is 0 Å². The largest absolute Gasteiger partial charge is 0.462 e. The second kappa shape index (κ2) is 5.37. The maximum atomic E-state index is 11.9. The zero-order chi connectivity index (χ0) is 13.9. The van der Waals surface area contributed by atoms with E-state index in [1.54, 1.807) is 6.08 Å². The van der Waals surface area contributed by atoms with Crippen molar-refractivity contribution in [1.82, 2.24) is 5.32 Å². The molecule has 3 rings (SSSR count). The Hall–Kier alpha value is -2.29. The Morgan fingerprint density at radius 3 is 2.95 bits per heavy atom. The van der Waals surface area contributed by atoms with E-state index in [9.17, 15) is 4.79 Å². The first kappa shape index (κ1) is 12.7. The SMILES string of the molecule is Cc1ccc(/C=C/C(=O)NC2CCc3ccccc32)o1. The van der Waals surface area contributed by atoms with Crippen molar-refractivity contribution in [3.05, 3.63) is 65.1 Å². The predicted molar refractivity (Wildman–Crippen MR) is 78.1 cm³/mol. The minimum absolute atomic E-state index is 0.0826. The Morgan fingerprint density at radius 2 is 2.15 bits per heavy atom. The summed E-state index contributed by atoms with van der Waals surface area (Å²) in [5.74, 6) is 1.46. The summed E-state index contributed by atoms with van der Waals surface area (Å²) in [4.78, 5) is 11.9. The van der Waals surface area contributed by atoms with E-state index in [0.717, 1.165) is 18.6 Å². The normalized spacial score (nSPS) is 17.4. The number of hydrogen-bond acceptors (Lipinski definition) is 2. The molecule has 3 nitrogen and oxygen atoms in total. The molecule has 1 amide bonds. The monoisotopic (exact) mass is 267 g/mol. The summed E-state index contributed by atoms with van der Waals surface area (Å²) in [6.07, 6.45) is 5.23. The van der Waals surface area contributed by atoms with E-state index in [1.165, 1.54) is 17.2 Å². The Bertz CT molecular complexity index is 655. The average molecular weight is 267 g/mol. The topological polar surface area (TPSA) is 42.2 Å². The van der Waals surface area contributed by atoms with Crippen molar-refractivity contribution in [2.75, 3.05) is 0 Å². The van der Waals surface area contributed by atoms with E-state index in [0.29, 0.717) is 5.76 Å². The van der Waals surface area contributed by atoms with Crippen molar-refractivity contribution < 1.29 is 9.21 Å². The molecule has 0 saturated carbocycles. The summed E-state index contributed by atoms with van der Waals surface area (Å²) in [5.41, 5.74) is 2.58. The zero-order valence-corrected chi connectivity index (χ0v) is 11.4. The highest BCUT2D eigenvalue weighted by Crippen LogP contribution is 2.30. The van der Waals surface area contributed by atoms with Gasteiger partial charge in [-0.05, 0) is 49.1 Å². The number of rotatable bonds is 3. The molecule has 0 aliphatic heterocycles. The molecule has 1 aromatic heterocycles. The van der Waals surface area contributed by atoms with Gasteiger partial charge in [0.2, 0.25) is 5.91 Å². The molecule has 1 atom stereocenters. The summed E-state index contributed by atoms with van der Waals surface area (Å²) in [6, 6.07) is 12.1. The van der Waals surface area contributed by atoms with Crippen LogP contribution >= 0.6 is 0 Å². The fraction of sp³-hybridized carbons (Fsp3) is 0.235. The molecule has 1 unspecified atom stereocenters. The Morgan fingerprint density at radius 1 is 1.30 bits per heavy atom. The van der Waals surface area contributed by atoms with Crippen LogP contribution in [0.3, 0.4) is 0 Å². The quantitative estimate of drug-likeness (QED) is 0.866. The molecule has 3 heteroatoms. The van der Waals surface area contributed by atoms with E-state index < -0.39 is 0 Å². The molecule has 1 aliphatic rings. The minimum Gasteiger partial charge on any atom is -0.462 e. The highest BCUT2D eigenvalue weighted by Gasteiger charge is 2.22. The fourth-order valence-electron chi connectivity index (χ4n) is 2.63. The molecule has 1 aromatic carbocycles. The van der Waals surface area contributed by atoms with Crippen LogP contribution in [0.2, 0.25) is 0 Å².